The lowest BCUT2D eigenvalue weighted by molar-refractivity contribution is 0.0402. The van der Waals surface area contributed by atoms with Crippen LogP contribution in [0.15, 0.2) is 23.4 Å². The largest absolute Gasteiger partial charge is 0.496 e. The van der Waals surface area contributed by atoms with Crippen LogP contribution in [0.25, 0.3) is 0 Å². The Kier molecular flexibility index (Phi) is 7.46. The molecule has 6 heteroatoms. The maximum Gasteiger partial charge on any atom is 0.170 e. The first-order valence-electron chi connectivity index (χ1n) is 6.53. The van der Waals surface area contributed by atoms with E-state index in [4.69, 9.17) is 25.2 Å². The predicted octanol–water partition coefficient (Wildman–Crippen LogP) is 1.73. The van der Waals surface area contributed by atoms with Crippen LogP contribution >= 0.6 is 0 Å². The molecule has 0 aromatic heterocycles. The Morgan fingerprint density at radius 3 is 2.65 bits per heavy atom. The van der Waals surface area contributed by atoms with Crippen molar-refractivity contribution in [3.05, 3.63) is 29.3 Å². The normalized spacial score (nSPS) is 11.6. The first-order chi connectivity index (χ1) is 9.72. The third-order valence-corrected chi connectivity index (χ3v) is 2.66. The van der Waals surface area contributed by atoms with Crippen LogP contribution in [0.4, 0.5) is 0 Å². The van der Waals surface area contributed by atoms with Crippen molar-refractivity contribution in [1.29, 1.82) is 0 Å². The molecule has 0 saturated carbocycles. The van der Waals surface area contributed by atoms with E-state index in [2.05, 4.69) is 12.1 Å². The Balaban J connectivity index is 2.58. The maximum atomic E-state index is 8.69. The summed E-state index contributed by atoms with van der Waals surface area (Å²) in [5, 5.41) is 11.7. The number of oxime groups is 1. The molecule has 1 aromatic carbocycles. The van der Waals surface area contributed by atoms with Crippen molar-refractivity contribution in [2.45, 2.75) is 20.0 Å². The molecular weight excluding hydrogens is 260 g/mol. The van der Waals surface area contributed by atoms with Crippen molar-refractivity contribution in [1.82, 2.24) is 0 Å². The second kappa shape index (κ2) is 9.17. The van der Waals surface area contributed by atoms with Gasteiger partial charge in [-0.2, -0.15) is 0 Å². The van der Waals surface area contributed by atoms with Gasteiger partial charge in [0.05, 0.1) is 26.9 Å². The molecule has 0 unspecified atom stereocenters. The molecule has 6 nitrogen and oxygen atoms in total. The van der Waals surface area contributed by atoms with Gasteiger partial charge in [-0.25, -0.2) is 0 Å². The summed E-state index contributed by atoms with van der Waals surface area (Å²) >= 11 is 0. The summed E-state index contributed by atoms with van der Waals surface area (Å²) in [6, 6.07) is 5.27. The zero-order valence-electron chi connectivity index (χ0n) is 12.0. The number of hydrogen-bond donors (Lipinski definition) is 2. The Morgan fingerprint density at radius 1 is 1.25 bits per heavy atom. The molecule has 0 spiro atoms. The fourth-order valence-corrected chi connectivity index (χ4v) is 1.65. The molecule has 20 heavy (non-hydrogen) atoms. The summed E-state index contributed by atoms with van der Waals surface area (Å²) in [7, 11) is 1.59. The summed E-state index contributed by atoms with van der Waals surface area (Å²) in [6.45, 7) is 4.26. The predicted molar refractivity (Wildman–Crippen MR) is 76.3 cm³/mol. The van der Waals surface area contributed by atoms with Gasteiger partial charge in [0.25, 0.3) is 0 Å². The SMILES string of the molecule is CCCOCCOCc1cc(/C(N)=N/O)ccc1OC. The number of ether oxygens (including phenoxy) is 3. The molecule has 0 bridgehead atoms. The first kappa shape index (κ1) is 16.3. The van der Waals surface area contributed by atoms with E-state index in [1.807, 2.05) is 0 Å². The highest BCUT2D eigenvalue weighted by molar-refractivity contribution is 5.97. The molecular formula is C14H22N2O4. The zero-order valence-corrected chi connectivity index (χ0v) is 12.0. The zero-order chi connectivity index (χ0) is 14.8. The highest BCUT2D eigenvalue weighted by atomic mass is 16.5. The van der Waals surface area contributed by atoms with Gasteiger partial charge in [0.2, 0.25) is 0 Å². The molecule has 0 aliphatic rings. The van der Waals surface area contributed by atoms with E-state index >= 15 is 0 Å². The Morgan fingerprint density at radius 2 is 2.00 bits per heavy atom. The molecule has 0 heterocycles. The fraction of sp³-hybridized carbons (Fsp3) is 0.500. The second-order valence-electron chi connectivity index (χ2n) is 4.18. The minimum atomic E-state index is 0.0557. The van der Waals surface area contributed by atoms with E-state index in [1.54, 1.807) is 25.3 Å². The third-order valence-electron chi connectivity index (χ3n) is 2.66. The smallest absolute Gasteiger partial charge is 0.170 e. The van der Waals surface area contributed by atoms with Crippen LogP contribution in [0.2, 0.25) is 0 Å². The van der Waals surface area contributed by atoms with Crippen LogP contribution in [-0.2, 0) is 16.1 Å². The van der Waals surface area contributed by atoms with Crippen molar-refractivity contribution < 1.29 is 19.4 Å². The standard InChI is InChI=1S/C14H22N2O4/c1-3-6-19-7-8-20-10-12-9-11(14(15)16-17)4-5-13(12)18-2/h4-5,9,17H,3,6-8,10H2,1-2H3,(H2,15,16). The van der Waals surface area contributed by atoms with Gasteiger partial charge in [-0.05, 0) is 24.6 Å². The van der Waals surface area contributed by atoms with Gasteiger partial charge in [-0.15, -0.1) is 0 Å². The van der Waals surface area contributed by atoms with Gasteiger partial charge in [0.1, 0.15) is 5.75 Å². The minimum Gasteiger partial charge on any atom is -0.496 e. The highest BCUT2D eigenvalue weighted by Gasteiger charge is 2.07. The molecule has 3 N–H and O–H groups in total. The van der Waals surface area contributed by atoms with Gasteiger partial charge in [-0.1, -0.05) is 12.1 Å². The van der Waals surface area contributed by atoms with Gasteiger partial charge in [0.15, 0.2) is 5.84 Å². The van der Waals surface area contributed by atoms with Crippen molar-refractivity contribution in [2.75, 3.05) is 26.9 Å². The van der Waals surface area contributed by atoms with Crippen LogP contribution in [-0.4, -0.2) is 38.0 Å². The van der Waals surface area contributed by atoms with Crippen LogP contribution < -0.4 is 10.5 Å². The van der Waals surface area contributed by atoms with Crippen LogP contribution in [0, 0.1) is 0 Å². The molecule has 0 aliphatic heterocycles. The van der Waals surface area contributed by atoms with Crippen molar-refractivity contribution in [3.8, 4) is 5.75 Å². The average Bonchev–Trinajstić information content (AvgIpc) is 2.49. The third kappa shape index (κ3) is 5.07. The number of hydrogen-bond acceptors (Lipinski definition) is 5. The maximum absolute atomic E-state index is 8.69. The van der Waals surface area contributed by atoms with Crippen LogP contribution in [0.1, 0.15) is 24.5 Å². The lowest BCUT2D eigenvalue weighted by Crippen LogP contribution is -2.14. The van der Waals surface area contributed by atoms with Crippen molar-refractivity contribution in [3.63, 3.8) is 0 Å². The van der Waals surface area contributed by atoms with Gasteiger partial charge in [0, 0.05) is 17.7 Å². The quantitative estimate of drug-likeness (QED) is 0.237. The highest BCUT2D eigenvalue weighted by Crippen LogP contribution is 2.20. The molecule has 1 aromatic rings. The van der Waals surface area contributed by atoms with E-state index < -0.39 is 0 Å². The van der Waals surface area contributed by atoms with E-state index in [-0.39, 0.29) is 5.84 Å². The number of benzene rings is 1. The first-order valence-corrected chi connectivity index (χ1v) is 6.53. The van der Waals surface area contributed by atoms with E-state index in [1.165, 1.54) is 0 Å². The monoisotopic (exact) mass is 282 g/mol. The van der Waals surface area contributed by atoms with Crippen molar-refractivity contribution >= 4 is 5.84 Å². The molecule has 0 saturated heterocycles. The van der Waals surface area contributed by atoms with Gasteiger partial charge in [-0.3, -0.25) is 0 Å². The molecule has 0 amide bonds. The summed E-state index contributed by atoms with van der Waals surface area (Å²) in [4.78, 5) is 0. The average molecular weight is 282 g/mol. The van der Waals surface area contributed by atoms with Crippen LogP contribution in [0.5, 0.6) is 5.75 Å². The molecule has 0 radical (unpaired) electrons. The number of rotatable bonds is 9. The lowest BCUT2D eigenvalue weighted by atomic mass is 10.1. The van der Waals surface area contributed by atoms with E-state index in [0.29, 0.717) is 31.1 Å². The molecule has 112 valence electrons. The number of nitrogens with two attached hydrogens (primary N) is 1. The topological polar surface area (TPSA) is 86.3 Å². The molecule has 0 atom stereocenters. The van der Waals surface area contributed by atoms with E-state index in [9.17, 15) is 0 Å². The summed E-state index contributed by atoms with van der Waals surface area (Å²) in [6.07, 6.45) is 0.996. The number of nitrogens with zero attached hydrogens (tertiary/aromatic N) is 1. The summed E-state index contributed by atoms with van der Waals surface area (Å²) in [5.41, 5.74) is 7.02. The summed E-state index contributed by atoms with van der Waals surface area (Å²) in [5.74, 6) is 0.758. The molecule has 0 aliphatic carbocycles. The molecule has 0 fully saturated rings. The van der Waals surface area contributed by atoms with E-state index in [0.717, 1.165) is 18.6 Å². The minimum absolute atomic E-state index is 0.0557. The summed E-state index contributed by atoms with van der Waals surface area (Å²) < 4.78 is 16.1. The Bertz CT molecular complexity index is 435. The lowest BCUT2D eigenvalue weighted by Gasteiger charge is -2.11. The second-order valence-corrected chi connectivity index (χ2v) is 4.18. The van der Waals surface area contributed by atoms with Crippen molar-refractivity contribution in [2.24, 2.45) is 10.9 Å². The van der Waals surface area contributed by atoms with Gasteiger partial charge < -0.3 is 25.2 Å². The van der Waals surface area contributed by atoms with Gasteiger partial charge >= 0.3 is 0 Å². The Labute approximate surface area is 119 Å². The van der Waals surface area contributed by atoms with Crippen LogP contribution in [0.3, 0.4) is 0 Å². The molecule has 1 rings (SSSR count). The number of methoxy groups -OCH3 is 1. The fourth-order valence-electron chi connectivity index (χ4n) is 1.65. The Hall–Kier alpha value is -1.79. The number of amidine groups is 1.